The summed E-state index contributed by atoms with van der Waals surface area (Å²) in [5, 5.41) is -0.248. The first-order valence-electron chi connectivity index (χ1n) is 6.22. The second kappa shape index (κ2) is 5.41. The fourth-order valence-electron chi connectivity index (χ4n) is 1.84. The maximum Gasteiger partial charge on any atom is 0.255 e. The molecule has 5 nitrogen and oxygen atoms in total. The van der Waals surface area contributed by atoms with Crippen LogP contribution in [0, 0.1) is 0 Å². The molecule has 3 rings (SSSR count). The Bertz CT molecular complexity index is 850. The van der Waals surface area contributed by atoms with Gasteiger partial charge in [-0.1, -0.05) is 48.5 Å². The maximum atomic E-state index is 12.5. The predicted molar refractivity (Wildman–Crippen MR) is 77.2 cm³/mol. The van der Waals surface area contributed by atoms with Gasteiger partial charge in [0.25, 0.3) is 5.16 Å². The highest BCUT2D eigenvalue weighted by molar-refractivity contribution is 7.91. The average molecular weight is 297 g/mol. The van der Waals surface area contributed by atoms with Crippen LogP contribution in [0.25, 0.3) is 11.4 Å². The van der Waals surface area contributed by atoms with Crippen molar-refractivity contribution in [2.24, 2.45) is 0 Å². The van der Waals surface area contributed by atoms with Crippen molar-refractivity contribution < 1.29 is 8.42 Å². The van der Waals surface area contributed by atoms with Crippen LogP contribution in [-0.4, -0.2) is 23.4 Å². The quantitative estimate of drug-likeness (QED) is 0.742. The van der Waals surface area contributed by atoms with Crippen molar-refractivity contribution in [1.29, 1.82) is 0 Å². The van der Waals surface area contributed by atoms with Crippen molar-refractivity contribution >= 4 is 9.84 Å². The Morgan fingerprint density at radius 3 is 2.05 bits per heavy atom. The van der Waals surface area contributed by atoms with Gasteiger partial charge in [0.05, 0.1) is 4.90 Å². The van der Waals surface area contributed by atoms with E-state index in [2.05, 4.69) is 15.0 Å². The molecule has 1 aromatic heterocycles. The summed E-state index contributed by atoms with van der Waals surface area (Å²) in [6.07, 6.45) is 1.21. The molecule has 0 aliphatic rings. The van der Waals surface area contributed by atoms with Gasteiger partial charge >= 0.3 is 0 Å². The third kappa shape index (κ3) is 2.66. The molecule has 0 fully saturated rings. The summed E-state index contributed by atoms with van der Waals surface area (Å²) in [5.41, 5.74) is 0.740. The number of benzene rings is 2. The molecule has 21 heavy (non-hydrogen) atoms. The number of hydrogen-bond donors (Lipinski definition) is 0. The number of hydrogen-bond acceptors (Lipinski definition) is 5. The third-order valence-electron chi connectivity index (χ3n) is 2.88. The molecule has 0 aliphatic carbocycles. The molecule has 2 aromatic carbocycles. The van der Waals surface area contributed by atoms with Crippen LogP contribution in [0.4, 0.5) is 0 Å². The first-order chi connectivity index (χ1) is 10.2. The van der Waals surface area contributed by atoms with E-state index >= 15 is 0 Å². The maximum absolute atomic E-state index is 12.5. The summed E-state index contributed by atoms with van der Waals surface area (Å²) in [6.45, 7) is 0. The topological polar surface area (TPSA) is 72.8 Å². The first-order valence-corrected chi connectivity index (χ1v) is 7.71. The van der Waals surface area contributed by atoms with Gasteiger partial charge in [-0.25, -0.2) is 18.4 Å². The number of sulfone groups is 1. The van der Waals surface area contributed by atoms with E-state index in [-0.39, 0.29) is 10.1 Å². The lowest BCUT2D eigenvalue weighted by Crippen LogP contribution is -2.08. The van der Waals surface area contributed by atoms with Gasteiger partial charge in [0.1, 0.15) is 6.33 Å². The van der Waals surface area contributed by atoms with Crippen molar-refractivity contribution in [1.82, 2.24) is 15.0 Å². The van der Waals surface area contributed by atoms with Gasteiger partial charge in [-0.15, -0.1) is 0 Å². The zero-order valence-corrected chi connectivity index (χ0v) is 11.7. The minimum Gasteiger partial charge on any atom is -0.216 e. The Hall–Kier alpha value is -2.60. The van der Waals surface area contributed by atoms with Crippen LogP contribution < -0.4 is 0 Å². The molecule has 0 saturated heterocycles. The van der Waals surface area contributed by atoms with Gasteiger partial charge in [-0.3, -0.25) is 0 Å². The van der Waals surface area contributed by atoms with E-state index in [4.69, 9.17) is 0 Å². The molecular weight excluding hydrogens is 286 g/mol. The summed E-state index contributed by atoms with van der Waals surface area (Å²) >= 11 is 0. The molecule has 0 unspecified atom stereocenters. The molecule has 0 radical (unpaired) electrons. The van der Waals surface area contributed by atoms with Gasteiger partial charge in [-0.05, 0) is 12.1 Å². The Labute approximate surface area is 122 Å². The van der Waals surface area contributed by atoms with E-state index < -0.39 is 9.84 Å². The van der Waals surface area contributed by atoms with E-state index in [1.165, 1.54) is 18.5 Å². The lowest BCUT2D eigenvalue weighted by Gasteiger charge is -2.04. The predicted octanol–water partition coefficient (Wildman–Crippen LogP) is 2.37. The molecule has 0 N–H and O–H groups in total. The van der Waals surface area contributed by atoms with Crippen molar-refractivity contribution in [3.63, 3.8) is 0 Å². The van der Waals surface area contributed by atoms with Gasteiger partial charge in [0, 0.05) is 5.56 Å². The standard InChI is InChI=1S/C15H11N3O2S/c19-21(20,13-9-5-2-6-10-13)15-17-11-16-14(18-15)12-7-3-1-4-8-12/h1-11H. The zero-order chi connectivity index (χ0) is 14.7. The van der Waals surface area contributed by atoms with Crippen LogP contribution in [-0.2, 0) is 9.84 Å². The normalized spacial score (nSPS) is 11.2. The van der Waals surface area contributed by atoms with Gasteiger partial charge in [-0.2, -0.15) is 4.98 Å². The Morgan fingerprint density at radius 1 is 0.762 bits per heavy atom. The van der Waals surface area contributed by atoms with Gasteiger partial charge in [0.15, 0.2) is 5.82 Å². The molecule has 104 valence electrons. The van der Waals surface area contributed by atoms with Crippen molar-refractivity contribution in [2.75, 3.05) is 0 Å². The van der Waals surface area contributed by atoms with E-state index in [1.807, 2.05) is 30.3 Å². The highest BCUT2D eigenvalue weighted by atomic mass is 32.2. The summed E-state index contributed by atoms with van der Waals surface area (Å²) in [4.78, 5) is 12.1. The monoisotopic (exact) mass is 297 g/mol. The smallest absolute Gasteiger partial charge is 0.216 e. The molecule has 0 bridgehead atoms. The SMILES string of the molecule is O=S(=O)(c1ccccc1)c1ncnc(-c2ccccc2)n1. The number of nitrogens with zero attached hydrogens (tertiary/aromatic N) is 3. The van der Waals surface area contributed by atoms with Crippen LogP contribution in [0.1, 0.15) is 0 Å². The minimum absolute atomic E-state index is 0.162. The number of rotatable bonds is 3. The van der Waals surface area contributed by atoms with Crippen LogP contribution in [0.5, 0.6) is 0 Å². The summed E-state index contributed by atoms with van der Waals surface area (Å²) < 4.78 is 24.9. The zero-order valence-electron chi connectivity index (χ0n) is 10.9. The molecule has 3 aromatic rings. The average Bonchev–Trinajstić information content (AvgIpc) is 2.57. The van der Waals surface area contributed by atoms with Crippen molar-refractivity contribution in [3.05, 3.63) is 67.0 Å². The second-order valence-corrected chi connectivity index (χ2v) is 6.12. The largest absolute Gasteiger partial charge is 0.255 e. The van der Waals surface area contributed by atoms with Crippen molar-refractivity contribution in [3.8, 4) is 11.4 Å². The van der Waals surface area contributed by atoms with E-state index in [9.17, 15) is 8.42 Å². The molecule has 0 saturated carbocycles. The fourth-order valence-corrected chi connectivity index (χ4v) is 2.96. The molecule has 0 atom stereocenters. The lowest BCUT2D eigenvalue weighted by atomic mass is 10.2. The van der Waals surface area contributed by atoms with E-state index in [0.29, 0.717) is 5.82 Å². The third-order valence-corrected chi connectivity index (χ3v) is 4.45. The molecule has 0 amide bonds. The summed E-state index contributed by atoms with van der Waals surface area (Å²) in [5.74, 6) is 0.333. The Kier molecular flexibility index (Phi) is 3.45. The van der Waals surface area contributed by atoms with Gasteiger partial charge < -0.3 is 0 Å². The molecule has 6 heteroatoms. The van der Waals surface area contributed by atoms with Crippen LogP contribution in [0.3, 0.4) is 0 Å². The van der Waals surface area contributed by atoms with E-state index in [0.717, 1.165) is 5.56 Å². The van der Waals surface area contributed by atoms with Crippen LogP contribution in [0.2, 0.25) is 0 Å². The molecule has 0 spiro atoms. The lowest BCUT2D eigenvalue weighted by molar-refractivity contribution is 0.586. The van der Waals surface area contributed by atoms with Crippen LogP contribution in [0.15, 0.2) is 77.0 Å². The van der Waals surface area contributed by atoms with Crippen LogP contribution >= 0.6 is 0 Å². The van der Waals surface area contributed by atoms with E-state index in [1.54, 1.807) is 18.2 Å². The fraction of sp³-hybridized carbons (Fsp3) is 0. The minimum atomic E-state index is -3.73. The molecule has 0 aliphatic heterocycles. The highest BCUT2D eigenvalue weighted by Crippen LogP contribution is 2.19. The summed E-state index contributed by atoms with van der Waals surface area (Å²) in [6, 6.07) is 17.3. The van der Waals surface area contributed by atoms with Gasteiger partial charge in [0.2, 0.25) is 9.84 Å². The second-order valence-electron chi connectivity index (χ2n) is 4.27. The van der Waals surface area contributed by atoms with Crippen molar-refractivity contribution in [2.45, 2.75) is 10.1 Å². The Morgan fingerprint density at radius 2 is 1.38 bits per heavy atom. The molecular formula is C15H11N3O2S. The summed E-state index contributed by atoms with van der Waals surface area (Å²) in [7, 11) is -3.73. The molecule has 1 heterocycles. The number of aromatic nitrogens is 3. The Balaban J connectivity index is 2.09. The first kappa shape index (κ1) is 13.4. The highest BCUT2D eigenvalue weighted by Gasteiger charge is 2.21.